The van der Waals surface area contributed by atoms with Gasteiger partial charge < -0.3 is 20.1 Å². The van der Waals surface area contributed by atoms with Crippen molar-refractivity contribution in [1.82, 2.24) is 9.97 Å². The summed E-state index contributed by atoms with van der Waals surface area (Å²) in [6, 6.07) is 1.72. The van der Waals surface area contributed by atoms with E-state index in [1.165, 1.54) is 6.33 Å². The van der Waals surface area contributed by atoms with E-state index >= 15 is 0 Å². The summed E-state index contributed by atoms with van der Waals surface area (Å²) in [6.07, 6.45) is 1.46. The molecule has 1 unspecified atom stereocenters. The maximum atomic E-state index is 5.85. The van der Waals surface area contributed by atoms with Crippen molar-refractivity contribution in [3.05, 3.63) is 12.4 Å². The molecule has 0 aliphatic heterocycles. The molecule has 1 atom stereocenters. The van der Waals surface area contributed by atoms with Crippen molar-refractivity contribution in [3.8, 4) is 5.88 Å². The molecular formula is C10H18N4O2. The molecule has 0 radical (unpaired) electrons. The van der Waals surface area contributed by atoms with Gasteiger partial charge in [-0.1, -0.05) is 0 Å². The lowest BCUT2D eigenvalue weighted by Gasteiger charge is -2.21. The zero-order valence-corrected chi connectivity index (χ0v) is 9.88. The number of likely N-dealkylation sites (N-methyl/N-ethyl adjacent to an activating group) is 1. The normalized spacial score (nSPS) is 12.2. The Kier molecular flexibility index (Phi) is 4.94. The molecule has 1 heterocycles. The van der Waals surface area contributed by atoms with Crippen LogP contribution < -0.4 is 15.4 Å². The minimum atomic E-state index is -0.0454. The highest BCUT2D eigenvalue weighted by Gasteiger charge is 2.09. The first kappa shape index (κ1) is 12.7. The smallest absolute Gasteiger partial charge is 0.218 e. The first-order chi connectivity index (χ1) is 7.67. The number of methoxy groups -OCH3 is 2. The molecule has 6 nitrogen and oxygen atoms in total. The topological polar surface area (TPSA) is 73.5 Å². The Labute approximate surface area is 95.4 Å². The summed E-state index contributed by atoms with van der Waals surface area (Å²) >= 11 is 0. The number of hydrogen-bond donors (Lipinski definition) is 1. The fraction of sp³-hybridized carbons (Fsp3) is 0.600. The van der Waals surface area contributed by atoms with Crippen molar-refractivity contribution in [1.29, 1.82) is 0 Å². The number of rotatable bonds is 6. The molecule has 2 N–H and O–H groups in total. The highest BCUT2D eigenvalue weighted by Crippen LogP contribution is 2.13. The van der Waals surface area contributed by atoms with Crippen LogP contribution in [0.25, 0.3) is 0 Å². The predicted octanol–water partition coefficient (Wildman–Crippen LogP) is -0.105. The molecule has 0 aliphatic carbocycles. The summed E-state index contributed by atoms with van der Waals surface area (Å²) in [6.45, 7) is 1.18. The molecule has 0 aromatic carbocycles. The van der Waals surface area contributed by atoms with E-state index in [4.69, 9.17) is 15.2 Å². The molecule has 6 heteroatoms. The Balaban J connectivity index is 2.61. The van der Waals surface area contributed by atoms with E-state index in [1.807, 2.05) is 11.9 Å². The van der Waals surface area contributed by atoms with Crippen molar-refractivity contribution < 1.29 is 9.47 Å². The molecule has 0 saturated heterocycles. The van der Waals surface area contributed by atoms with Crippen molar-refractivity contribution >= 4 is 5.82 Å². The zero-order valence-electron chi connectivity index (χ0n) is 9.88. The average Bonchev–Trinajstić information content (AvgIpc) is 2.29. The lowest BCUT2D eigenvalue weighted by Crippen LogP contribution is -2.38. The van der Waals surface area contributed by atoms with Crippen molar-refractivity contribution in [2.24, 2.45) is 5.73 Å². The van der Waals surface area contributed by atoms with E-state index in [2.05, 4.69) is 9.97 Å². The van der Waals surface area contributed by atoms with Crippen LogP contribution in [0.2, 0.25) is 0 Å². The number of nitrogens with zero attached hydrogens (tertiary/aromatic N) is 3. The fourth-order valence-electron chi connectivity index (χ4n) is 1.36. The van der Waals surface area contributed by atoms with Gasteiger partial charge >= 0.3 is 0 Å². The molecule has 0 bridgehead atoms. The summed E-state index contributed by atoms with van der Waals surface area (Å²) in [4.78, 5) is 10.0. The number of hydrogen-bond acceptors (Lipinski definition) is 6. The van der Waals surface area contributed by atoms with Crippen LogP contribution in [-0.2, 0) is 4.74 Å². The van der Waals surface area contributed by atoms with Crippen molar-refractivity contribution in [3.63, 3.8) is 0 Å². The van der Waals surface area contributed by atoms with Gasteiger partial charge in [0.25, 0.3) is 0 Å². The zero-order chi connectivity index (χ0) is 12.0. The van der Waals surface area contributed by atoms with Crippen LogP contribution in [0, 0.1) is 0 Å². The Morgan fingerprint density at radius 2 is 2.19 bits per heavy atom. The Morgan fingerprint density at radius 3 is 2.81 bits per heavy atom. The number of ether oxygens (including phenoxy) is 2. The van der Waals surface area contributed by atoms with Gasteiger partial charge in [-0.25, -0.2) is 9.97 Å². The van der Waals surface area contributed by atoms with E-state index in [0.717, 1.165) is 5.82 Å². The molecule has 16 heavy (non-hydrogen) atoms. The number of nitrogens with two attached hydrogens (primary N) is 1. The third-order valence-electron chi connectivity index (χ3n) is 2.12. The molecule has 1 aromatic rings. The second-order valence-corrected chi connectivity index (χ2v) is 3.51. The van der Waals surface area contributed by atoms with Crippen molar-refractivity contribution in [2.45, 2.75) is 6.04 Å². The average molecular weight is 226 g/mol. The van der Waals surface area contributed by atoms with E-state index in [-0.39, 0.29) is 6.04 Å². The molecule has 0 aliphatic rings. The third kappa shape index (κ3) is 3.63. The fourth-order valence-corrected chi connectivity index (χ4v) is 1.36. The van der Waals surface area contributed by atoms with Crippen LogP contribution in [0.15, 0.2) is 12.4 Å². The lowest BCUT2D eigenvalue weighted by atomic mass is 10.3. The number of anilines is 1. The third-order valence-corrected chi connectivity index (χ3v) is 2.12. The van der Waals surface area contributed by atoms with Gasteiger partial charge in [0, 0.05) is 32.8 Å². The summed E-state index contributed by atoms with van der Waals surface area (Å²) < 4.78 is 10.00. The molecule has 0 spiro atoms. The van der Waals surface area contributed by atoms with Crippen LogP contribution in [0.3, 0.4) is 0 Å². The monoisotopic (exact) mass is 226 g/mol. The molecule has 0 fully saturated rings. The molecule has 0 amide bonds. The van der Waals surface area contributed by atoms with E-state index in [9.17, 15) is 0 Å². The van der Waals surface area contributed by atoms with Gasteiger partial charge in [-0.2, -0.15) is 0 Å². The van der Waals surface area contributed by atoms with E-state index in [1.54, 1.807) is 20.3 Å². The predicted molar refractivity (Wildman–Crippen MR) is 61.7 cm³/mol. The van der Waals surface area contributed by atoms with E-state index < -0.39 is 0 Å². The minimum Gasteiger partial charge on any atom is -0.481 e. The van der Waals surface area contributed by atoms with Crippen LogP contribution in [0.4, 0.5) is 5.82 Å². The molecular weight excluding hydrogens is 208 g/mol. The van der Waals surface area contributed by atoms with Gasteiger partial charge in [0.1, 0.15) is 12.1 Å². The van der Waals surface area contributed by atoms with Crippen LogP contribution in [-0.4, -0.2) is 50.4 Å². The summed E-state index contributed by atoms with van der Waals surface area (Å²) in [5.74, 6) is 1.32. The summed E-state index contributed by atoms with van der Waals surface area (Å²) in [5, 5.41) is 0. The standard InChI is InChI=1S/C10H18N4O2/c1-14(5-8(11)6-15-2)9-4-10(16-3)13-7-12-9/h4,7-8H,5-6,11H2,1-3H3. The summed E-state index contributed by atoms with van der Waals surface area (Å²) in [5.41, 5.74) is 5.85. The van der Waals surface area contributed by atoms with E-state index in [0.29, 0.717) is 19.0 Å². The first-order valence-electron chi connectivity index (χ1n) is 4.99. The van der Waals surface area contributed by atoms with Gasteiger partial charge in [-0.15, -0.1) is 0 Å². The second kappa shape index (κ2) is 6.24. The van der Waals surface area contributed by atoms with Gasteiger partial charge in [0.15, 0.2) is 0 Å². The van der Waals surface area contributed by atoms with Gasteiger partial charge in [-0.05, 0) is 0 Å². The second-order valence-electron chi connectivity index (χ2n) is 3.51. The maximum absolute atomic E-state index is 5.85. The minimum absolute atomic E-state index is 0.0454. The quantitative estimate of drug-likeness (QED) is 0.730. The Hall–Kier alpha value is -1.40. The SMILES string of the molecule is COCC(N)CN(C)c1cc(OC)ncn1. The van der Waals surface area contributed by atoms with Gasteiger partial charge in [0.2, 0.25) is 5.88 Å². The summed E-state index contributed by atoms with van der Waals surface area (Å²) in [7, 11) is 5.12. The Morgan fingerprint density at radius 1 is 1.44 bits per heavy atom. The highest BCUT2D eigenvalue weighted by molar-refractivity contribution is 5.39. The first-order valence-corrected chi connectivity index (χ1v) is 4.99. The van der Waals surface area contributed by atoms with Crippen LogP contribution in [0.1, 0.15) is 0 Å². The van der Waals surface area contributed by atoms with Crippen LogP contribution >= 0.6 is 0 Å². The molecule has 90 valence electrons. The van der Waals surface area contributed by atoms with Crippen molar-refractivity contribution in [2.75, 3.05) is 39.3 Å². The lowest BCUT2D eigenvalue weighted by molar-refractivity contribution is 0.181. The van der Waals surface area contributed by atoms with Gasteiger partial charge in [-0.3, -0.25) is 0 Å². The molecule has 1 rings (SSSR count). The largest absolute Gasteiger partial charge is 0.481 e. The maximum Gasteiger partial charge on any atom is 0.218 e. The highest BCUT2D eigenvalue weighted by atomic mass is 16.5. The number of aromatic nitrogens is 2. The van der Waals surface area contributed by atoms with Crippen LogP contribution in [0.5, 0.6) is 5.88 Å². The molecule has 0 saturated carbocycles. The molecule has 1 aromatic heterocycles. The Bertz CT molecular complexity index is 321. The van der Waals surface area contributed by atoms with Gasteiger partial charge in [0.05, 0.1) is 13.7 Å².